The van der Waals surface area contributed by atoms with E-state index in [4.69, 9.17) is 0 Å². The molecule has 0 heterocycles. The number of hydrogen-bond acceptors (Lipinski definition) is 3. The van der Waals surface area contributed by atoms with E-state index in [1.165, 1.54) is 0 Å². The van der Waals surface area contributed by atoms with Gasteiger partial charge in [0.2, 0.25) is 5.91 Å². The standard InChI is InChI=1S/C11H14N2O2/c14-9-8-12-13-11(15)7-6-10-4-2-1-3-5-10/h1-5,9,12H,6-8H2,(H,13,15). The Morgan fingerprint density at radius 1 is 1.27 bits per heavy atom. The number of aryl methyl sites for hydroxylation is 1. The Balaban J connectivity index is 2.20. The molecule has 4 nitrogen and oxygen atoms in total. The zero-order valence-electron chi connectivity index (χ0n) is 8.40. The van der Waals surface area contributed by atoms with Crippen molar-refractivity contribution in [2.75, 3.05) is 6.54 Å². The van der Waals surface area contributed by atoms with Crippen molar-refractivity contribution in [3.8, 4) is 0 Å². The fraction of sp³-hybridized carbons (Fsp3) is 0.273. The molecule has 0 aliphatic rings. The summed E-state index contributed by atoms with van der Waals surface area (Å²) in [7, 11) is 0. The number of nitrogens with one attached hydrogen (secondary N) is 2. The van der Waals surface area contributed by atoms with Gasteiger partial charge in [-0.15, -0.1) is 0 Å². The summed E-state index contributed by atoms with van der Waals surface area (Å²) in [4.78, 5) is 21.2. The topological polar surface area (TPSA) is 58.2 Å². The first kappa shape index (κ1) is 11.4. The molecule has 0 spiro atoms. The first-order chi connectivity index (χ1) is 7.33. The van der Waals surface area contributed by atoms with Crippen molar-refractivity contribution in [2.45, 2.75) is 12.8 Å². The largest absolute Gasteiger partial charge is 0.302 e. The van der Waals surface area contributed by atoms with Gasteiger partial charge in [-0.3, -0.25) is 10.2 Å². The molecular formula is C11H14N2O2. The molecule has 1 aromatic carbocycles. The lowest BCUT2D eigenvalue weighted by atomic mass is 10.1. The van der Waals surface area contributed by atoms with Crippen LogP contribution in [-0.4, -0.2) is 18.7 Å². The summed E-state index contributed by atoms with van der Waals surface area (Å²) in [5, 5.41) is 0. The van der Waals surface area contributed by atoms with Crippen LogP contribution in [0.3, 0.4) is 0 Å². The highest BCUT2D eigenvalue weighted by Gasteiger charge is 2.00. The molecule has 1 rings (SSSR count). The van der Waals surface area contributed by atoms with E-state index in [0.29, 0.717) is 19.1 Å². The fourth-order valence-electron chi connectivity index (χ4n) is 1.16. The maximum absolute atomic E-state index is 11.2. The molecule has 4 heteroatoms. The summed E-state index contributed by atoms with van der Waals surface area (Å²) in [5.41, 5.74) is 6.06. The lowest BCUT2D eigenvalue weighted by molar-refractivity contribution is -0.122. The maximum atomic E-state index is 11.2. The van der Waals surface area contributed by atoms with E-state index in [2.05, 4.69) is 10.9 Å². The molecule has 0 fully saturated rings. The van der Waals surface area contributed by atoms with Crippen molar-refractivity contribution in [2.24, 2.45) is 0 Å². The highest BCUT2D eigenvalue weighted by molar-refractivity contribution is 5.75. The van der Waals surface area contributed by atoms with Gasteiger partial charge in [-0.1, -0.05) is 30.3 Å². The zero-order valence-corrected chi connectivity index (χ0v) is 8.40. The second-order valence-electron chi connectivity index (χ2n) is 3.08. The van der Waals surface area contributed by atoms with E-state index in [9.17, 15) is 9.59 Å². The summed E-state index contributed by atoms with van der Waals surface area (Å²) in [6.07, 6.45) is 1.81. The predicted molar refractivity (Wildman–Crippen MR) is 57.0 cm³/mol. The average Bonchev–Trinajstić information content (AvgIpc) is 2.28. The number of aldehydes is 1. The number of hydrogen-bond donors (Lipinski definition) is 2. The molecule has 0 saturated heterocycles. The van der Waals surface area contributed by atoms with Crippen LogP contribution < -0.4 is 10.9 Å². The normalized spacial score (nSPS) is 9.60. The van der Waals surface area contributed by atoms with Gasteiger partial charge in [-0.2, -0.15) is 0 Å². The SMILES string of the molecule is O=CCNNC(=O)CCc1ccccc1. The predicted octanol–water partition coefficient (Wildman–Crippen LogP) is 0.439. The summed E-state index contributed by atoms with van der Waals surface area (Å²) >= 11 is 0. The highest BCUT2D eigenvalue weighted by Crippen LogP contribution is 2.01. The maximum Gasteiger partial charge on any atom is 0.234 e. The molecule has 2 N–H and O–H groups in total. The van der Waals surface area contributed by atoms with Crippen molar-refractivity contribution < 1.29 is 9.59 Å². The lowest BCUT2D eigenvalue weighted by Crippen LogP contribution is -2.38. The molecule has 80 valence electrons. The molecule has 0 radical (unpaired) electrons. The van der Waals surface area contributed by atoms with Gasteiger partial charge in [0, 0.05) is 6.42 Å². The van der Waals surface area contributed by atoms with Crippen LogP contribution in [0.1, 0.15) is 12.0 Å². The summed E-state index contributed by atoms with van der Waals surface area (Å²) in [6, 6.07) is 9.78. The molecular weight excluding hydrogens is 192 g/mol. The van der Waals surface area contributed by atoms with Gasteiger partial charge < -0.3 is 4.79 Å². The van der Waals surface area contributed by atoms with Gasteiger partial charge in [-0.05, 0) is 12.0 Å². The van der Waals surface area contributed by atoms with Gasteiger partial charge in [-0.25, -0.2) is 5.43 Å². The van der Waals surface area contributed by atoms with Crippen LogP contribution in [0.4, 0.5) is 0 Å². The van der Waals surface area contributed by atoms with E-state index in [0.717, 1.165) is 5.56 Å². The Kier molecular flexibility index (Phi) is 5.11. The molecule has 0 bridgehead atoms. The Morgan fingerprint density at radius 3 is 2.67 bits per heavy atom. The minimum Gasteiger partial charge on any atom is -0.302 e. The number of amides is 1. The third-order valence-corrected chi connectivity index (χ3v) is 1.90. The first-order valence-corrected chi connectivity index (χ1v) is 4.82. The molecule has 0 unspecified atom stereocenters. The van der Waals surface area contributed by atoms with Crippen molar-refractivity contribution in [1.29, 1.82) is 0 Å². The quantitative estimate of drug-likeness (QED) is 0.403. The Bertz CT molecular complexity index is 312. The number of carbonyl (C=O) groups excluding carboxylic acids is 2. The van der Waals surface area contributed by atoms with Crippen LogP contribution in [0, 0.1) is 0 Å². The van der Waals surface area contributed by atoms with Crippen molar-refractivity contribution in [1.82, 2.24) is 10.9 Å². The van der Waals surface area contributed by atoms with Gasteiger partial charge in [0.05, 0.1) is 6.54 Å². The third-order valence-electron chi connectivity index (χ3n) is 1.90. The minimum atomic E-state index is -0.110. The van der Waals surface area contributed by atoms with E-state index in [-0.39, 0.29) is 12.5 Å². The molecule has 0 atom stereocenters. The zero-order chi connectivity index (χ0) is 10.9. The molecule has 1 amide bonds. The number of hydrazine groups is 1. The Morgan fingerprint density at radius 2 is 2.00 bits per heavy atom. The van der Waals surface area contributed by atoms with Crippen molar-refractivity contribution in [3.63, 3.8) is 0 Å². The second kappa shape index (κ2) is 6.73. The number of rotatable bonds is 6. The van der Waals surface area contributed by atoms with Crippen LogP contribution in [0.25, 0.3) is 0 Å². The van der Waals surface area contributed by atoms with Crippen LogP contribution in [0.2, 0.25) is 0 Å². The third kappa shape index (κ3) is 4.93. The molecule has 1 aromatic rings. The van der Waals surface area contributed by atoms with Crippen LogP contribution in [0.15, 0.2) is 30.3 Å². The second-order valence-corrected chi connectivity index (χ2v) is 3.08. The van der Waals surface area contributed by atoms with Gasteiger partial charge >= 0.3 is 0 Å². The van der Waals surface area contributed by atoms with Crippen molar-refractivity contribution in [3.05, 3.63) is 35.9 Å². The van der Waals surface area contributed by atoms with E-state index in [1.807, 2.05) is 30.3 Å². The smallest absolute Gasteiger partial charge is 0.234 e. The Hall–Kier alpha value is -1.68. The molecule has 15 heavy (non-hydrogen) atoms. The average molecular weight is 206 g/mol. The van der Waals surface area contributed by atoms with Crippen molar-refractivity contribution >= 4 is 12.2 Å². The first-order valence-electron chi connectivity index (χ1n) is 4.82. The van der Waals surface area contributed by atoms with E-state index in [1.54, 1.807) is 0 Å². The lowest BCUT2D eigenvalue weighted by Gasteiger charge is -2.04. The molecule has 0 aliphatic carbocycles. The Labute approximate surface area is 88.6 Å². The summed E-state index contributed by atoms with van der Waals surface area (Å²) < 4.78 is 0. The van der Waals surface area contributed by atoms with Gasteiger partial charge in [0.15, 0.2) is 0 Å². The van der Waals surface area contributed by atoms with Crippen LogP contribution in [-0.2, 0) is 16.0 Å². The van der Waals surface area contributed by atoms with Crippen LogP contribution in [0.5, 0.6) is 0 Å². The summed E-state index contributed by atoms with van der Waals surface area (Å²) in [6.45, 7) is 0.136. The van der Waals surface area contributed by atoms with Gasteiger partial charge in [0.25, 0.3) is 0 Å². The molecule has 0 aromatic heterocycles. The van der Waals surface area contributed by atoms with E-state index >= 15 is 0 Å². The number of carbonyl (C=O) groups is 2. The molecule has 0 saturated carbocycles. The van der Waals surface area contributed by atoms with Crippen LogP contribution >= 0.6 is 0 Å². The highest BCUT2D eigenvalue weighted by atomic mass is 16.2. The van der Waals surface area contributed by atoms with E-state index < -0.39 is 0 Å². The van der Waals surface area contributed by atoms with Gasteiger partial charge in [0.1, 0.15) is 6.29 Å². The number of benzene rings is 1. The molecule has 0 aliphatic heterocycles. The fourth-order valence-corrected chi connectivity index (χ4v) is 1.16. The summed E-state index contributed by atoms with van der Waals surface area (Å²) in [5.74, 6) is -0.110. The minimum absolute atomic E-state index is 0.110. The monoisotopic (exact) mass is 206 g/mol.